The Hall–Kier alpha value is -6.01. The molecule has 0 aliphatic carbocycles. The monoisotopic (exact) mass is 1040 g/mol. The highest BCUT2D eigenvalue weighted by molar-refractivity contribution is 7.97. The number of ether oxygens (including phenoxy) is 1. The molecular formula is C54H59ClF2N6O7S2. The van der Waals surface area contributed by atoms with E-state index in [1.54, 1.807) is 16.4 Å². The number of alkyl halides is 2. The molecule has 0 spiro atoms. The summed E-state index contributed by atoms with van der Waals surface area (Å²) in [6.07, 6.45) is 6.95. The standard InChI is InChI=1S/C54H59ClF2N6O7S2/c1-8-12-42(49(66)58-9-2)61(7)41-19-18-38(39-16-11-14-34(30-64)45(39)41)32-21-24-62(25-22-32)51-60-40-28-35(17-20-43(40)69-51)54(56,57)72-63-26-23-37(29-52(63,3)4)59-36-15-10-13-33(27-36)48-46(55)47(44(31-65)71-48)70-53(5,6)50(67)68/h9-11,13-20,27-28,30-32,37,42,59H,2,8,12,21-26,29H2,1,3-7H3,(H,58,66)(H,67,68). The van der Waals surface area contributed by atoms with E-state index in [0.29, 0.717) is 90.2 Å². The summed E-state index contributed by atoms with van der Waals surface area (Å²) in [5.41, 5.74) is 2.31. The van der Waals surface area contributed by atoms with Crippen LogP contribution in [0.15, 0.2) is 90.0 Å². The summed E-state index contributed by atoms with van der Waals surface area (Å²) < 4.78 is 46.3. The summed E-state index contributed by atoms with van der Waals surface area (Å²) in [7, 11) is 1.88. The maximum atomic E-state index is 16.3. The molecular weight excluding hydrogens is 982 g/mol. The molecule has 2 aromatic heterocycles. The van der Waals surface area contributed by atoms with Crippen LogP contribution in [0.25, 0.3) is 32.3 Å². The van der Waals surface area contributed by atoms with E-state index in [4.69, 9.17) is 25.7 Å². The molecule has 3 N–H and O–H groups in total. The number of fused-ring (bicyclic) bond motifs is 2. The van der Waals surface area contributed by atoms with Gasteiger partial charge < -0.3 is 34.7 Å². The fourth-order valence-corrected chi connectivity index (χ4v) is 12.2. The van der Waals surface area contributed by atoms with Crippen molar-refractivity contribution in [2.24, 2.45) is 0 Å². The van der Waals surface area contributed by atoms with Gasteiger partial charge in [-0.2, -0.15) is 13.8 Å². The van der Waals surface area contributed by atoms with Gasteiger partial charge in [0.1, 0.15) is 21.5 Å². The SMILES string of the molecule is C=CNC(=O)C(CCC)N(C)c1ccc(C2CCN(c3nc4cc(C(F)(F)SN5CCC(Nc6cccc(-c7sc(C=O)c(OC(C)(C)C(=O)O)c7Cl)c6)CC5(C)C)ccc4o3)CC2)c2cccc(C=O)c12. The minimum atomic E-state index is -3.27. The molecule has 18 heteroatoms. The summed E-state index contributed by atoms with van der Waals surface area (Å²) in [5, 5.41) is 14.5. The number of carbonyl (C=O) groups is 4. The summed E-state index contributed by atoms with van der Waals surface area (Å²) in [6.45, 7) is 14.0. The molecule has 6 aromatic rings. The number of aromatic nitrogens is 1. The van der Waals surface area contributed by atoms with Crippen molar-refractivity contribution in [2.45, 2.75) is 108 Å². The Balaban J connectivity index is 0.912. The predicted octanol–water partition coefficient (Wildman–Crippen LogP) is 12.5. The summed E-state index contributed by atoms with van der Waals surface area (Å²) in [6, 6.07) is 21.6. The number of carboxylic acids is 1. The number of piperidine rings is 2. The van der Waals surface area contributed by atoms with Crippen molar-refractivity contribution < 1.29 is 42.2 Å². The number of benzene rings is 4. The van der Waals surface area contributed by atoms with Crippen LogP contribution in [0.2, 0.25) is 5.02 Å². The first-order valence-electron chi connectivity index (χ1n) is 24.0. The van der Waals surface area contributed by atoms with Gasteiger partial charge in [0.15, 0.2) is 29.5 Å². The van der Waals surface area contributed by atoms with Gasteiger partial charge in [0.25, 0.3) is 6.01 Å². The molecule has 0 saturated carbocycles. The Kier molecular flexibility index (Phi) is 15.4. The van der Waals surface area contributed by atoms with Crippen LogP contribution in [0.4, 0.5) is 26.2 Å². The number of hydrogen-bond donors (Lipinski definition) is 3. The van der Waals surface area contributed by atoms with Gasteiger partial charge in [-0.1, -0.05) is 67.9 Å². The number of rotatable bonds is 19. The second-order valence-corrected chi connectivity index (χ2v) is 22.1. The lowest BCUT2D eigenvalue weighted by atomic mass is 9.85. The third-order valence-corrected chi connectivity index (χ3v) is 16.7. The van der Waals surface area contributed by atoms with Crippen LogP contribution in [0.1, 0.15) is 110 Å². The zero-order valence-electron chi connectivity index (χ0n) is 41.1. The lowest BCUT2D eigenvalue weighted by Gasteiger charge is -2.46. The summed E-state index contributed by atoms with van der Waals surface area (Å²) in [5.74, 6) is -1.19. The topological polar surface area (TPSA) is 158 Å². The summed E-state index contributed by atoms with van der Waals surface area (Å²) >= 11 is 8.34. The van der Waals surface area contributed by atoms with E-state index in [-0.39, 0.29) is 39.1 Å². The number of likely N-dealkylation sites (N-methyl/N-ethyl adjacent to an activating group) is 1. The Morgan fingerprint density at radius 3 is 2.50 bits per heavy atom. The van der Waals surface area contributed by atoms with Gasteiger partial charge in [0.2, 0.25) is 5.91 Å². The van der Waals surface area contributed by atoms with Crippen LogP contribution in [0, 0.1) is 0 Å². The van der Waals surface area contributed by atoms with Gasteiger partial charge in [0.05, 0.1) is 4.88 Å². The van der Waals surface area contributed by atoms with Crippen LogP contribution in [-0.4, -0.2) is 88.8 Å². The molecule has 4 aromatic carbocycles. The molecule has 13 nitrogen and oxygen atoms in total. The van der Waals surface area contributed by atoms with Crippen LogP contribution in [-0.2, 0) is 14.8 Å². The second-order valence-electron chi connectivity index (χ2n) is 19.5. The Morgan fingerprint density at radius 1 is 1.07 bits per heavy atom. The van der Waals surface area contributed by atoms with Crippen molar-refractivity contribution >= 4 is 98.6 Å². The fourth-order valence-electron chi connectivity index (χ4n) is 9.86. The number of nitrogens with zero attached hydrogens (tertiary/aromatic N) is 4. The molecule has 2 atom stereocenters. The minimum absolute atomic E-state index is 0.0177. The lowest BCUT2D eigenvalue weighted by Crippen LogP contribution is -2.50. The summed E-state index contributed by atoms with van der Waals surface area (Å²) in [4.78, 5) is 58.6. The van der Waals surface area contributed by atoms with E-state index in [1.807, 2.05) is 80.1 Å². The molecule has 2 fully saturated rings. The van der Waals surface area contributed by atoms with Gasteiger partial charge in [-0.05, 0) is 125 Å². The average Bonchev–Trinajstić information content (AvgIpc) is 3.93. The number of nitrogens with one attached hydrogen (secondary N) is 2. The lowest BCUT2D eigenvalue weighted by molar-refractivity contribution is -0.152. The normalized spacial score (nSPS) is 17.1. The maximum Gasteiger partial charge on any atom is 0.347 e. The molecule has 2 unspecified atom stereocenters. The molecule has 72 heavy (non-hydrogen) atoms. The number of amides is 1. The molecule has 0 bridgehead atoms. The van der Waals surface area contributed by atoms with Crippen molar-refractivity contribution in [3.63, 3.8) is 0 Å². The van der Waals surface area contributed by atoms with Crippen LogP contribution in [0.3, 0.4) is 0 Å². The van der Waals surface area contributed by atoms with Gasteiger partial charge in [0, 0.05) is 78.1 Å². The molecule has 2 aliphatic rings. The van der Waals surface area contributed by atoms with E-state index in [0.717, 1.165) is 64.6 Å². The number of aldehydes is 2. The number of anilines is 3. The average molecular weight is 1040 g/mol. The third-order valence-electron chi connectivity index (χ3n) is 13.7. The Labute approximate surface area is 431 Å². The second kappa shape index (κ2) is 21.2. The number of hydrogen-bond acceptors (Lipinski definition) is 13. The zero-order chi connectivity index (χ0) is 51.7. The van der Waals surface area contributed by atoms with Crippen molar-refractivity contribution in [1.29, 1.82) is 0 Å². The van der Waals surface area contributed by atoms with Crippen LogP contribution < -0.4 is 25.2 Å². The number of aliphatic carboxylic acids is 1. The van der Waals surface area contributed by atoms with Crippen molar-refractivity contribution in [3.05, 3.63) is 112 Å². The van der Waals surface area contributed by atoms with Crippen LogP contribution >= 0.6 is 34.9 Å². The quantitative estimate of drug-likeness (QED) is 0.0520. The highest BCUT2D eigenvalue weighted by atomic mass is 35.5. The van der Waals surface area contributed by atoms with Gasteiger partial charge in [-0.3, -0.25) is 14.4 Å². The van der Waals surface area contributed by atoms with Crippen molar-refractivity contribution in [1.82, 2.24) is 14.6 Å². The van der Waals surface area contributed by atoms with E-state index in [1.165, 1.54) is 32.2 Å². The number of carboxylic acid groups (broad SMARTS) is 1. The number of oxazole rings is 1. The minimum Gasteiger partial charge on any atom is -0.478 e. The van der Waals surface area contributed by atoms with E-state index < -0.39 is 28.4 Å². The first kappa shape index (κ1) is 52.3. The molecule has 0 radical (unpaired) electrons. The first-order chi connectivity index (χ1) is 34.3. The Bertz CT molecular complexity index is 3020. The van der Waals surface area contributed by atoms with E-state index in [2.05, 4.69) is 23.3 Å². The molecule has 4 heterocycles. The van der Waals surface area contributed by atoms with Crippen molar-refractivity contribution in [2.75, 3.05) is 41.8 Å². The van der Waals surface area contributed by atoms with Gasteiger partial charge >= 0.3 is 11.2 Å². The maximum absolute atomic E-state index is 16.3. The molecule has 8 rings (SSSR count). The van der Waals surface area contributed by atoms with Gasteiger partial charge in [-0.15, -0.1) is 11.3 Å². The Morgan fingerprint density at radius 2 is 1.82 bits per heavy atom. The third kappa shape index (κ3) is 10.7. The highest BCUT2D eigenvalue weighted by Crippen LogP contribution is 2.49. The van der Waals surface area contributed by atoms with E-state index >= 15 is 8.78 Å². The molecule has 1 amide bonds. The van der Waals surface area contributed by atoms with Crippen LogP contribution in [0.5, 0.6) is 5.75 Å². The fraction of sp³-hybridized carbons (Fsp3) is 0.389. The van der Waals surface area contributed by atoms with Crippen molar-refractivity contribution in [3.8, 4) is 16.2 Å². The molecule has 2 saturated heterocycles. The zero-order valence-corrected chi connectivity index (χ0v) is 43.5. The molecule has 2 aliphatic heterocycles. The number of halogens is 3. The highest BCUT2D eigenvalue weighted by Gasteiger charge is 2.44. The van der Waals surface area contributed by atoms with Gasteiger partial charge in [-0.25, -0.2) is 9.10 Å². The smallest absolute Gasteiger partial charge is 0.347 e. The number of carbonyl (C=O) groups excluding carboxylic acids is 3. The first-order valence-corrected chi connectivity index (χ1v) is 26.0. The molecule has 380 valence electrons. The predicted molar refractivity (Wildman–Crippen MR) is 284 cm³/mol. The largest absolute Gasteiger partial charge is 0.478 e. The van der Waals surface area contributed by atoms with E-state index in [9.17, 15) is 24.3 Å². The number of thiophene rings is 1.